The first kappa shape index (κ1) is 12.6. The first-order valence-corrected chi connectivity index (χ1v) is 6.77. The third-order valence-electron chi connectivity index (χ3n) is 3.55. The van der Waals surface area contributed by atoms with Crippen molar-refractivity contribution in [1.82, 2.24) is 20.2 Å². The van der Waals surface area contributed by atoms with Gasteiger partial charge in [0.1, 0.15) is 11.6 Å². The molecule has 0 bridgehead atoms. The molecule has 0 saturated heterocycles. The number of nitrogens with one attached hydrogen (secondary N) is 2. The van der Waals surface area contributed by atoms with Crippen molar-refractivity contribution >= 4 is 16.9 Å². The molecular weight excluding hydrogens is 281 g/mol. The second kappa shape index (κ2) is 4.70. The van der Waals surface area contributed by atoms with Crippen molar-refractivity contribution in [2.75, 3.05) is 5.73 Å². The molecule has 2 heterocycles. The van der Waals surface area contributed by atoms with E-state index in [1.54, 1.807) is 12.1 Å². The molecule has 22 heavy (non-hydrogen) atoms. The summed E-state index contributed by atoms with van der Waals surface area (Å²) in [6, 6.07) is 13.9. The van der Waals surface area contributed by atoms with E-state index in [4.69, 9.17) is 5.73 Å². The summed E-state index contributed by atoms with van der Waals surface area (Å²) >= 11 is 0. The molecule has 0 radical (unpaired) electrons. The Morgan fingerprint density at radius 1 is 1.00 bits per heavy atom. The predicted molar refractivity (Wildman–Crippen MR) is 83.5 cm³/mol. The summed E-state index contributed by atoms with van der Waals surface area (Å²) in [5, 5.41) is 6.96. The fraction of sp³-hybridized carbons (Fsp3) is 0. The number of rotatable bonds is 2. The maximum absolute atomic E-state index is 13.1. The molecule has 4 rings (SSSR count). The average molecular weight is 293 g/mol. The van der Waals surface area contributed by atoms with Gasteiger partial charge >= 0.3 is 0 Å². The summed E-state index contributed by atoms with van der Waals surface area (Å²) in [7, 11) is 0. The number of aromatic nitrogens is 4. The minimum absolute atomic E-state index is 0.290. The van der Waals surface area contributed by atoms with Crippen molar-refractivity contribution in [3.05, 3.63) is 54.3 Å². The summed E-state index contributed by atoms with van der Waals surface area (Å²) in [4.78, 5) is 7.79. The molecule has 0 fully saturated rings. The first-order valence-electron chi connectivity index (χ1n) is 6.77. The van der Waals surface area contributed by atoms with E-state index in [-0.39, 0.29) is 5.82 Å². The van der Waals surface area contributed by atoms with Crippen LogP contribution in [0.5, 0.6) is 0 Å². The van der Waals surface area contributed by atoms with Gasteiger partial charge in [0.05, 0.1) is 22.3 Å². The van der Waals surface area contributed by atoms with Gasteiger partial charge in [0, 0.05) is 5.56 Å². The number of benzene rings is 2. The van der Waals surface area contributed by atoms with Crippen molar-refractivity contribution in [1.29, 1.82) is 0 Å². The number of aromatic amines is 2. The van der Waals surface area contributed by atoms with E-state index in [0.717, 1.165) is 16.6 Å². The maximum Gasteiger partial charge on any atom is 0.156 e. The first-order chi connectivity index (χ1) is 10.7. The highest BCUT2D eigenvalue weighted by atomic mass is 19.1. The van der Waals surface area contributed by atoms with Crippen LogP contribution >= 0.6 is 0 Å². The molecule has 0 saturated carbocycles. The molecule has 108 valence electrons. The van der Waals surface area contributed by atoms with Crippen LogP contribution in [0.25, 0.3) is 33.7 Å². The van der Waals surface area contributed by atoms with Crippen molar-refractivity contribution in [3.63, 3.8) is 0 Å². The Morgan fingerprint density at radius 2 is 1.77 bits per heavy atom. The number of para-hydroxylation sites is 2. The van der Waals surface area contributed by atoms with Gasteiger partial charge in [0.25, 0.3) is 0 Å². The van der Waals surface area contributed by atoms with Gasteiger partial charge in [-0.2, -0.15) is 5.10 Å². The number of nitrogen functional groups attached to an aromatic ring is 1. The minimum Gasteiger partial charge on any atom is -0.382 e. The number of anilines is 1. The zero-order valence-corrected chi connectivity index (χ0v) is 11.5. The molecule has 0 aliphatic heterocycles. The van der Waals surface area contributed by atoms with Crippen LogP contribution in [-0.4, -0.2) is 20.2 Å². The van der Waals surface area contributed by atoms with Gasteiger partial charge in [-0.25, -0.2) is 9.37 Å². The van der Waals surface area contributed by atoms with E-state index in [1.807, 2.05) is 24.3 Å². The molecule has 0 unspecified atom stereocenters. The fourth-order valence-corrected chi connectivity index (χ4v) is 2.49. The SMILES string of the molecule is Nc1n[nH]c(-c2ccc(F)cc2)c1-c1nc2ccccc2[nH]1. The predicted octanol–water partition coefficient (Wildman–Crippen LogP) is 3.34. The molecule has 0 spiro atoms. The standard InChI is InChI=1S/C16H12FN5/c17-10-7-5-9(6-8-10)14-13(15(18)22-21-14)16-19-11-3-1-2-4-12(11)20-16/h1-8H,(H,19,20)(H3,18,21,22). The number of hydrogen-bond acceptors (Lipinski definition) is 3. The molecule has 6 heteroatoms. The van der Waals surface area contributed by atoms with Crippen molar-refractivity contribution in [3.8, 4) is 22.6 Å². The summed E-state index contributed by atoms with van der Waals surface area (Å²) < 4.78 is 13.1. The molecule has 0 atom stereocenters. The van der Waals surface area contributed by atoms with Crippen LogP contribution in [0.4, 0.5) is 10.2 Å². The molecule has 5 nitrogen and oxygen atoms in total. The van der Waals surface area contributed by atoms with Crippen LogP contribution in [0.2, 0.25) is 0 Å². The Morgan fingerprint density at radius 3 is 2.55 bits per heavy atom. The molecule has 0 amide bonds. The van der Waals surface area contributed by atoms with Gasteiger partial charge in [-0.3, -0.25) is 5.10 Å². The quantitative estimate of drug-likeness (QED) is 0.530. The minimum atomic E-state index is -0.290. The number of H-pyrrole nitrogens is 2. The zero-order valence-electron chi connectivity index (χ0n) is 11.5. The third-order valence-corrected chi connectivity index (χ3v) is 3.55. The Hall–Kier alpha value is -3.15. The number of fused-ring (bicyclic) bond motifs is 1. The third kappa shape index (κ3) is 1.93. The molecule has 0 aliphatic rings. The van der Waals surface area contributed by atoms with Crippen LogP contribution in [0.3, 0.4) is 0 Å². The fourth-order valence-electron chi connectivity index (χ4n) is 2.49. The number of nitrogens with zero attached hydrogens (tertiary/aromatic N) is 2. The van der Waals surface area contributed by atoms with E-state index in [0.29, 0.717) is 22.9 Å². The van der Waals surface area contributed by atoms with E-state index in [9.17, 15) is 4.39 Å². The van der Waals surface area contributed by atoms with Crippen LogP contribution in [0.15, 0.2) is 48.5 Å². The second-order valence-electron chi connectivity index (χ2n) is 4.97. The van der Waals surface area contributed by atoms with E-state index < -0.39 is 0 Å². The Labute approximate surface area is 125 Å². The monoisotopic (exact) mass is 293 g/mol. The van der Waals surface area contributed by atoms with Gasteiger partial charge in [0.2, 0.25) is 0 Å². The highest BCUT2D eigenvalue weighted by Crippen LogP contribution is 2.33. The molecule has 2 aromatic heterocycles. The molecule has 4 N–H and O–H groups in total. The molecule has 0 aliphatic carbocycles. The van der Waals surface area contributed by atoms with E-state index >= 15 is 0 Å². The number of imidazole rings is 1. The Bertz CT molecular complexity index is 919. The Balaban J connectivity index is 1.91. The van der Waals surface area contributed by atoms with Gasteiger partial charge in [-0.05, 0) is 36.4 Å². The lowest BCUT2D eigenvalue weighted by molar-refractivity contribution is 0.628. The number of hydrogen-bond donors (Lipinski definition) is 3. The largest absolute Gasteiger partial charge is 0.382 e. The van der Waals surface area contributed by atoms with Crippen molar-refractivity contribution < 1.29 is 4.39 Å². The van der Waals surface area contributed by atoms with Crippen LogP contribution in [-0.2, 0) is 0 Å². The highest BCUT2D eigenvalue weighted by molar-refractivity contribution is 5.88. The van der Waals surface area contributed by atoms with Gasteiger partial charge in [-0.15, -0.1) is 0 Å². The molecule has 2 aromatic carbocycles. The lowest BCUT2D eigenvalue weighted by atomic mass is 10.1. The zero-order chi connectivity index (χ0) is 15.1. The van der Waals surface area contributed by atoms with Gasteiger partial charge < -0.3 is 10.7 Å². The molecular formula is C16H12FN5. The second-order valence-corrected chi connectivity index (χ2v) is 4.97. The summed E-state index contributed by atoms with van der Waals surface area (Å²) in [6.07, 6.45) is 0. The summed E-state index contributed by atoms with van der Waals surface area (Å²) in [6.45, 7) is 0. The lowest BCUT2D eigenvalue weighted by Gasteiger charge is -2.01. The van der Waals surface area contributed by atoms with Crippen LogP contribution < -0.4 is 5.73 Å². The maximum atomic E-state index is 13.1. The normalized spacial score (nSPS) is 11.1. The Kier molecular flexibility index (Phi) is 2.69. The number of halogens is 1. The van der Waals surface area contributed by atoms with Crippen molar-refractivity contribution in [2.24, 2.45) is 0 Å². The number of nitrogens with two attached hydrogens (primary N) is 1. The average Bonchev–Trinajstić information content (AvgIpc) is 3.11. The molecule has 4 aromatic rings. The van der Waals surface area contributed by atoms with Gasteiger partial charge in [0.15, 0.2) is 5.82 Å². The van der Waals surface area contributed by atoms with Crippen LogP contribution in [0.1, 0.15) is 0 Å². The van der Waals surface area contributed by atoms with E-state index in [1.165, 1.54) is 12.1 Å². The topological polar surface area (TPSA) is 83.4 Å². The smallest absolute Gasteiger partial charge is 0.156 e. The highest BCUT2D eigenvalue weighted by Gasteiger charge is 2.18. The van der Waals surface area contributed by atoms with Crippen LogP contribution in [0, 0.1) is 5.82 Å². The summed E-state index contributed by atoms with van der Waals surface area (Å²) in [5.41, 5.74) is 9.94. The van der Waals surface area contributed by atoms with E-state index in [2.05, 4.69) is 20.2 Å². The lowest BCUT2D eigenvalue weighted by Crippen LogP contribution is -1.90. The van der Waals surface area contributed by atoms with Gasteiger partial charge in [-0.1, -0.05) is 12.1 Å². The van der Waals surface area contributed by atoms with Crippen molar-refractivity contribution in [2.45, 2.75) is 0 Å². The summed E-state index contributed by atoms with van der Waals surface area (Å²) in [5.74, 6) is 0.687.